The van der Waals surface area contributed by atoms with Crippen LogP contribution in [0, 0.1) is 0 Å². The van der Waals surface area contributed by atoms with Gasteiger partial charge in [0, 0.05) is 39.3 Å². The van der Waals surface area contributed by atoms with Gasteiger partial charge in [0.05, 0.1) is 16.6 Å². The Bertz CT molecular complexity index is 914. The van der Waals surface area contributed by atoms with Gasteiger partial charge in [-0.2, -0.15) is 0 Å². The molecule has 164 valence electrons. The first-order valence-corrected chi connectivity index (χ1v) is 10.7. The van der Waals surface area contributed by atoms with Gasteiger partial charge in [-0.05, 0) is 24.6 Å². The second-order valence-electron chi connectivity index (χ2n) is 7.48. The number of benzene rings is 2. The molecule has 0 radical (unpaired) electrons. The molecular weight excluding hydrogens is 416 g/mol. The van der Waals surface area contributed by atoms with Gasteiger partial charge in [-0.15, -0.1) is 0 Å². The lowest BCUT2D eigenvalue weighted by molar-refractivity contribution is -0.139. The maximum Gasteiger partial charge on any atom is 0.309 e. The quantitative estimate of drug-likeness (QED) is 0.671. The molecule has 0 aliphatic carbocycles. The van der Waals surface area contributed by atoms with E-state index in [1.165, 1.54) is 0 Å². The van der Waals surface area contributed by atoms with Crippen LogP contribution in [0.15, 0.2) is 54.6 Å². The number of carbonyl (C=O) groups is 3. The minimum Gasteiger partial charge on any atom is -0.347 e. The van der Waals surface area contributed by atoms with E-state index in [0.29, 0.717) is 49.9 Å². The molecule has 0 bridgehead atoms. The Morgan fingerprint density at radius 2 is 1.58 bits per heavy atom. The molecule has 1 aliphatic rings. The molecule has 1 fully saturated rings. The summed E-state index contributed by atoms with van der Waals surface area (Å²) in [6, 6.07) is 16.3. The van der Waals surface area contributed by atoms with Crippen molar-refractivity contribution in [2.24, 2.45) is 0 Å². The van der Waals surface area contributed by atoms with Gasteiger partial charge in [-0.1, -0.05) is 54.1 Å². The van der Waals surface area contributed by atoms with Crippen LogP contribution in [0.3, 0.4) is 0 Å². The van der Waals surface area contributed by atoms with E-state index in [9.17, 15) is 14.4 Å². The fourth-order valence-corrected chi connectivity index (χ4v) is 3.69. The Morgan fingerprint density at radius 3 is 2.26 bits per heavy atom. The zero-order chi connectivity index (χ0) is 22.2. The highest BCUT2D eigenvalue weighted by molar-refractivity contribution is 6.35. The third-order valence-electron chi connectivity index (χ3n) is 5.33. The Balaban J connectivity index is 1.37. The van der Waals surface area contributed by atoms with Crippen LogP contribution < -0.4 is 10.6 Å². The summed E-state index contributed by atoms with van der Waals surface area (Å²) in [6.45, 7) is 5.39. The van der Waals surface area contributed by atoms with Crippen LogP contribution >= 0.6 is 11.6 Å². The molecule has 0 spiro atoms. The van der Waals surface area contributed by atoms with Crippen molar-refractivity contribution in [3.8, 4) is 0 Å². The minimum atomic E-state index is -0.647. The predicted molar refractivity (Wildman–Crippen MR) is 120 cm³/mol. The van der Waals surface area contributed by atoms with Crippen molar-refractivity contribution >= 4 is 29.3 Å². The van der Waals surface area contributed by atoms with Crippen LogP contribution in [0.4, 0.5) is 0 Å². The lowest BCUT2D eigenvalue weighted by Gasteiger charge is -2.34. The monoisotopic (exact) mass is 442 g/mol. The normalized spacial score (nSPS) is 15.2. The largest absolute Gasteiger partial charge is 0.347 e. The molecule has 31 heavy (non-hydrogen) atoms. The molecule has 1 saturated heterocycles. The van der Waals surface area contributed by atoms with Gasteiger partial charge in [-0.3, -0.25) is 19.3 Å². The van der Waals surface area contributed by atoms with E-state index in [0.717, 1.165) is 5.56 Å². The standard InChI is InChI=1S/C23H27ClN4O3/c1-17(18-7-3-2-4-8-18)26-22(30)21(29)25-11-12-27-13-15-28(16-14-27)23(31)19-9-5-6-10-20(19)24/h2-10,17H,11-16H2,1H3,(H,25,29)(H,26,30). The molecular formula is C23H27ClN4O3. The van der Waals surface area contributed by atoms with Crippen LogP contribution in [0.5, 0.6) is 0 Å². The molecule has 1 atom stereocenters. The van der Waals surface area contributed by atoms with Gasteiger partial charge in [-0.25, -0.2) is 0 Å². The first kappa shape index (κ1) is 22.8. The SMILES string of the molecule is CC(NC(=O)C(=O)NCCN1CCN(C(=O)c2ccccc2Cl)CC1)c1ccccc1. The summed E-state index contributed by atoms with van der Waals surface area (Å²) in [7, 11) is 0. The highest BCUT2D eigenvalue weighted by atomic mass is 35.5. The number of piperazine rings is 1. The van der Waals surface area contributed by atoms with Crippen LogP contribution in [0.1, 0.15) is 28.9 Å². The van der Waals surface area contributed by atoms with Crippen molar-refractivity contribution < 1.29 is 14.4 Å². The average molecular weight is 443 g/mol. The Morgan fingerprint density at radius 1 is 0.935 bits per heavy atom. The fourth-order valence-electron chi connectivity index (χ4n) is 3.47. The number of hydrogen-bond acceptors (Lipinski definition) is 4. The number of nitrogens with zero attached hydrogens (tertiary/aromatic N) is 2. The summed E-state index contributed by atoms with van der Waals surface area (Å²) in [5.74, 6) is -1.36. The van der Waals surface area contributed by atoms with Gasteiger partial charge in [0.15, 0.2) is 0 Å². The first-order valence-electron chi connectivity index (χ1n) is 10.4. The van der Waals surface area contributed by atoms with Crippen molar-refractivity contribution in [2.75, 3.05) is 39.3 Å². The number of nitrogens with one attached hydrogen (secondary N) is 2. The molecule has 3 rings (SSSR count). The average Bonchev–Trinajstić information content (AvgIpc) is 2.80. The van der Waals surface area contributed by atoms with Gasteiger partial charge in [0.2, 0.25) is 0 Å². The lowest BCUT2D eigenvalue weighted by Crippen LogP contribution is -2.51. The molecule has 0 aromatic heterocycles. The zero-order valence-electron chi connectivity index (χ0n) is 17.5. The van der Waals surface area contributed by atoms with Gasteiger partial charge in [0.25, 0.3) is 5.91 Å². The number of amides is 3. The third kappa shape index (κ3) is 6.29. The summed E-state index contributed by atoms with van der Waals surface area (Å²) >= 11 is 6.13. The van der Waals surface area contributed by atoms with Crippen LogP contribution in [0.2, 0.25) is 5.02 Å². The van der Waals surface area contributed by atoms with Crippen LogP contribution in [-0.4, -0.2) is 66.8 Å². The Kier molecular flexibility index (Phi) is 8.03. The predicted octanol–water partition coefficient (Wildman–Crippen LogP) is 2.09. The van der Waals surface area contributed by atoms with Crippen LogP contribution in [-0.2, 0) is 9.59 Å². The molecule has 1 aliphatic heterocycles. The molecule has 0 saturated carbocycles. The number of rotatable bonds is 6. The molecule has 3 amide bonds. The van der Waals surface area contributed by atoms with Crippen molar-refractivity contribution in [3.63, 3.8) is 0 Å². The number of halogens is 1. The molecule has 8 heteroatoms. The summed E-state index contributed by atoms with van der Waals surface area (Å²) in [5, 5.41) is 5.82. The first-order chi connectivity index (χ1) is 15.0. The molecule has 1 unspecified atom stereocenters. The summed E-state index contributed by atoms with van der Waals surface area (Å²) in [6.07, 6.45) is 0. The fraction of sp³-hybridized carbons (Fsp3) is 0.348. The Hall–Kier alpha value is -2.90. The molecule has 2 aromatic carbocycles. The molecule has 1 heterocycles. The van der Waals surface area contributed by atoms with Gasteiger partial charge < -0.3 is 15.5 Å². The second-order valence-corrected chi connectivity index (χ2v) is 7.88. The zero-order valence-corrected chi connectivity index (χ0v) is 18.3. The van der Waals surface area contributed by atoms with Crippen molar-refractivity contribution in [1.82, 2.24) is 20.4 Å². The van der Waals surface area contributed by atoms with E-state index in [4.69, 9.17) is 11.6 Å². The molecule has 7 nitrogen and oxygen atoms in total. The van der Waals surface area contributed by atoms with Crippen LogP contribution in [0.25, 0.3) is 0 Å². The topological polar surface area (TPSA) is 81.8 Å². The molecule has 2 N–H and O–H groups in total. The van der Waals surface area contributed by atoms with Crippen molar-refractivity contribution in [1.29, 1.82) is 0 Å². The van der Waals surface area contributed by atoms with E-state index in [1.54, 1.807) is 29.2 Å². The maximum absolute atomic E-state index is 12.6. The van der Waals surface area contributed by atoms with Gasteiger partial charge in [0.1, 0.15) is 0 Å². The van der Waals surface area contributed by atoms with E-state index < -0.39 is 11.8 Å². The summed E-state index contributed by atoms with van der Waals surface area (Å²) in [4.78, 5) is 40.7. The van der Waals surface area contributed by atoms with E-state index in [1.807, 2.05) is 37.3 Å². The molecule has 2 aromatic rings. The highest BCUT2D eigenvalue weighted by Gasteiger charge is 2.23. The number of hydrogen-bond donors (Lipinski definition) is 2. The minimum absolute atomic E-state index is 0.0669. The van der Waals surface area contributed by atoms with E-state index in [-0.39, 0.29) is 11.9 Å². The summed E-state index contributed by atoms with van der Waals surface area (Å²) < 4.78 is 0. The van der Waals surface area contributed by atoms with E-state index in [2.05, 4.69) is 15.5 Å². The number of carbonyl (C=O) groups excluding carboxylic acids is 3. The summed E-state index contributed by atoms with van der Waals surface area (Å²) in [5.41, 5.74) is 1.45. The van der Waals surface area contributed by atoms with E-state index >= 15 is 0 Å². The smallest absolute Gasteiger partial charge is 0.309 e. The highest BCUT2D eigenvalue weighted by Crippen LogP contribution is 2.18. The third-order valence-corrected chi connectivity index (χ3v) is 5.66. The second kappa shape index (κ2) is 10.9. The van der Waals surface area contributed by atoms with Gasteiger partial charge >= 0.3 is 11.8 Å². The maximum atomic E-state index is 12.6. The van der Waals surface area contributed by atoms with Crippen molar-refractivity contribution in [2.45, 2.75) is 13.0 Å². The Labute approximate surface area is 187 Å². The van der Waals surface area contributed by atoms with Crippen molar-refractivity contribution in [3.05, 3.63) is 70.7 Å². The lowest BCUT2D eigenvalue weighted by atomic mass is 10.1.